The van der Waals surface area contributed by atoms with Crippen molar-refractivity contribution < 1.29 is 9.53 Å². The molecule has 0 radical (unpaired) electrons. The highest BCUT2D eigenvalue weighted by Gasteiger charge is 2.24. The van der Waals surface area contributed by atoms with Gasteiger partial charge in [-0.25, -0.2) is 9.78 Å². The number of ether oxygens (including phenoxy) is 1. The topological polar surface area (TPSA) is 44.1 Å². The molecule has 1 aromatic carbocycles. The molecule has 0 spiro atoms. The molecule has 0 N–H and O–H groups in total. The van der Waals surface area contributed by atoms with E-state index in [4.69, 9.17) is 4.74 Å². The molecule has 1 unspecified atom stereocenters. The molecule has 4 nitrogen and oxygen atoms in total. The zero-order valence-corrected chi connectivity index (χ0v) is 10.9. The zero-order valence-electron chi connectivity index (χ0n) is 9.31. The number of aryl methyl sites for hydroxylation is 1. The van der Waals surface area contributed by atoms with Crippen molar-refractivity contribution in [2.75, 3.05) is 7.11 Å². The van der Waals surface area contributed by atoms with Crippen LogP contribution < -0.4 is 0 Å². The molecular weight excluding hydrogens is 284 g/mol. The zero-order chi connectivity index (χ0) is 12.0. The molecule has 17 heavy (non-hydrogen) atoms. The Morgan fingerprint density at radius 1 is 1.59 bits per heavy atom. The number of carbonyl (C=O) groups excluding carboxylic acids is 1. The molecule has 1 aromatic heterocycles. The van der Waals surface area contributed by atoms with E-state index in [2.05, 4.69) is 25.5 Å². The van der Waals surface area contributed by atoms with E-state index in [1.807, 2.05) is 12.1 Å². The lowest BCUT2D eigenvalue weighted by molar-refractivity contribution is 0.0601. The minimum Gasteiger partial charge on any atom is -0.465 e. The number of carbonyl (C=O) groups is 1. The van der Waals surface area contributed by atoms with Crippen LogP contribution >= 0.6 is 15.9 Å². The van der Waals surface area contributed by atoms with Crippen LogP contribution in [-0.2, 0) is 11.3 Å². The van der Waals surface area contributed by atoms with Crippen LogP contribution in [0.2, 0.25) is 0 Å². The van der Waals surface area contributed by atoms with Gasteiger partial charge in [-0.15, -0.1) is 0 Å². The van der Waals surface area contributed by atoms with Crippen molar-refractivity contribution in [2.24, 2.45) is 0 Å². The lowest BCUT2D eigenvalue weighted by Gasteiger charge is -2.01. The van der Waals surface area contributed by atoms with E-state index in [0.717, 1.165) is 29.8 Å². The summed E-state index contributed by atoms with van der Waals surface area (Å²) in [6, 6.07) is 5.47. The summed E-state index contributed by atoms with van der Waals surface area (Å²) >= 11 is 3.60. The third kappa shape index (κ3) is 1.57. The predicted octanol–water partition coefficient (Wildman–Crippen LogP) is 2.66. The van der Waals surface area contributed by atoms with Gasteiger partial charge in [-0.1, -0.05) is 15.9 Å². The number of methoxy groups -OCH3 is 1. The fourth-order valence-electron chi connectivity index (χ4n) is 2.23. The van der Waals surface area contributed by atoms with Crippen molar-refractivity contribution in [3.8, 4) is 0 Å². The smallest absolute Gasteiger partial charge is 0.337 e. The van der Waals surface area contributed by atoms with Gasteiger partial charge in [0, 0.05) is 6.54 Å². The van der Waals surface area contributed by atoms with Gasteiger partial charge in [-0.3, -0.25) is 0 Å². The summed E-state index contributed by atoms with van der Waals surface area (Å²) in [6.07, 6.45) is 1.04. The first kappa shape index (κ1) is 10.8. The molecule has 0 amide bonds. The second-order valence-corrected chi connectivity index (χ2v) is 5.18. The van der Waals surface area contributed by atoms with E-state index < -0.39 is 0 Å². The highest BCUT2D eigenvalue weighted by atomic mass is 79.9. The Kier molecular flexibility index (Phi) is 2.43. The average molecular weight is 295 g/mol. The molecule has 0 saturated carbocycles. The Balaban J connectivity index is 2.19. The highest BCUT2D eigenvalue weighted by molar-refractivity contribution is 9.09. The normalized spacial score (nSPS) is 18.4. The van der Waals surface area contributed by atoms with E-state index in [-0.39, 0.29) is 5.97 Å². The van der Waals surface area contributed by atoms with Crippen LogP contribution in [0.3, 0.4) is 0 Å². The molecule has 88 valence electrons. The Morgan fingerprint density at radius 3 is 3.18 bits per heavy atom. The maximum Gasteiger partial charge on any atom is 0.337 e. The van der Waals surface area contributed by atoms with Gasteiger partial charge in [0.1, 0.15) is 5.82 Å². The number of aromatic nitrogens is 2. The number of benzene rings is 1. The second-order valence-electron chi connectivity index (χ2n) is 4.07. The van der Waals surface area contributed by atoms with Gasteiger partial charge in [-0.05, 0) is 24.6 Å². The molecule has 3 rings (SSSR count). The maximum atomic E-state index is 11.5. The summed E-state index contributed by atoms with van der Waals surface area (Å²) in [6.45, 7) is 0.937. The molecule has 0 aliphatic carbocycles. The standard InChI is InChI=1S/C12H11BrN2O2/c1-17-12(16)7-2-3-9-10(6-7)15-5-4-8(13)11(15)14-9/h2-3,6,8H,4-5H2,1H3. The third-order valence-corrected chi connectivity index (χ3v) is 3.95. The van der Waals surface area contributed by atoms with E-state index in [9.17, 15) is 4.79 Å². The van der Waals surface area contributed by atoms with Crippen LogP contribution in [-0.4, -0.2) is 22.6 Å². The van der Waals surface area contributed by atoms with E-state index in [1.165, 1.54) is 7.11 Å². The molecule has 0 saturated heterocycles. The predicted molar refractivity (Wildman–Crippen MR) is 67.4 cm³/mol. The van der Waals surface area contributed by atoms with Gasteiger partial charge < -0.3 is 9.30 Å². The highest BCUT2D eigenvalue weighted by Crippen LogP contribution is 2.35. The lowest BCUT2D eigenvalue weighted by atomic mass is 10.2. The van der Waals surface area contributed by atoms with Crippen molar-refractivity contribution >= 4 is 32.9 Å². The summed E-state index contributed by atoms with van der Waals surface area (Å²) < 4.78 is 6.88. The Hall–Kier alpha value is -1.36. The first-order valence-corrected chi connectivity index (χ1v) is 6.35. The minimum atomic E-state index is -0.309. The Bertz CT molecular complexity index is 606. The fraction of sp³-hybridized carbons (Fsp3) is 0.333. The number of rotatable bonds is 1. The van der Waals surface area contributed by atoms with Crippen LogP contribution in [0.5, 0.6) is 0 Å². The third-order valence-electron chi connectivity index (χ3n) is 3.09. The van der Waals surface area contributed by atoms with Crippen molar-refractivity contribution in [1.29, 1.82) is 0 Å². The Labute approximate surface area is 107 Å². The number of imidazole rings is 1. The number of hydrogen-bond acceptors (Lipinski definition) is 3. The SMILES string of the molecule is COC(=O)c1ccc2nc3n(c2c1)CCC3Br. The van der Waals surface area contributed by atoms with Gasteiger partial charge in [0.15, 0.2) is 0 Å². The van der Waals surface area contributed by atoms with Gasteiger partial charge in [-0.2, -0.15) is 0 Å². The van der Waals surface area contributed by atoms with Crippen molar-refractivity contribution in [3.05, 3.63) is 29.6 Å². The van der Waals surface area contributed by atoms with Crippen LogP contribution in [0.1, 0.15) is 27.4 Å². The van der Waals surface area contributed by atoms with Crippen LogP contribution in [0.25, 0.3) is 11.0 Å². The molecule has 2 heterocycles. The molecule has 1 aliphatic heterocycles. The quantitative estimate of drug-likeness (QED) is 0.600. The fourth-order valence-corrected chi connectivity index (χ4v) is 2.79. The minimum absolute atomic E-state index is 0.309. The van der Waals surface area contributed by atoms with Crippen LogP contribution in [0.4, 0.5) is 0 Å². The molecule has 5 heteroatoms. The molecular formula is C12H11BrN2O2. The number of fused-ring (bicyclic) bond motifs is 3. The van der Waals surface area contributed by atoms with E-state index in [1.54, 1.807) is 6.07 Å². The van der Waals surface area contributed by atoms with Gasteiger partial charge in [0.05, 0.1) is 28.5 Å². The number of halogens is 1. The molecule has 1 aliphatic rings. The summed E-state index contributed by atoms with van der Waals surface area (Å²) in [5.41, 5.74) is 2.50. The first-order valence-electron chi connectivity index (χ1n) is 5.43. The lowest BCUT2D eigenvalue weighted by Crippen LogP contribution is -2.01. The van der Waals surface area contributed by atoms with Gasteiger partial charge >= 0.3 is 5.97 Å². The summed E-state index contributed by atoms with van der Waals surface area (Å²) in [7, 11) is 1.39. The largest absolute Gasteiger partial charge is 0.465 e. The molecule has 1 atom stereocenters. The van der Waals surface area contributed by atoms with Crippen molar-refractivity contribution in [2.45, 2.75) is 17.8 Å². The van der Waals surface area contributed by atoms with Crippen molar-refractivity contribution in [3.63, 3.8) is 0 Å². The second kappa shape index (κ2) is 3.84. The summed E-state index contributed by atoms with van der Waals surface area (Å²) in [4.78, 5) is 16.4. The number of hydrogen-bond donors (Lipinski definition) is 0. The van der Waals surface area contributed by atoms with E-state index in [0.29, 0.717) is 10.4 Å². The first-order chi connectivity index (χ1) is 8.20. The average Bonchev–Trinajstić information content (AvgIpc) is 2.88. The van der Waals surface area contributed by atoms with Crippen LogP contribution in [0.15, 0.2) is 18.2 Å². The summed E-state index contributed by atoms with van der Waals surface area (Å²) in [5.74, 6) is 0.734. The molecule has 0 bridgehead atoms. The Morgan fingerprint density at radius 2 is 2.41 bits per heavy atom. The molecule has 0 fully saturated rings. The molecule has 2 aromatic rings. The van der Waals surface area contributed by atoms with Gasteiger partial charge in [0.2, 0.25) is 0 Å². The van der Waals surface area contributed by atoms with Gasteiger partial charge in [0.25, 0.3) is 0 Å². The number of esters is 1. The number of nitrogens with zero attached hydrogens (tertiary/aromatic N) is 2. The summed E-state index contributed by atoms with van der Waals surface area (Å²) in [5, 5.41) is 0. The van der Waals surface area contributed by atoms with Crippen LogP contribution in [0, 0.1) is 0 Å². The van der Waals surface area contributed by atoms with Crippen molar-refractivity contribution in [1.82, 2.24) is 9.55 Å². The maximum absolute atomic E-state index is 11.5. The monoisotopic (exact) mass is 294 g/mol. The number of alkyl halides is 1. The van der Waals surface area contributed by atoms with E-state index >= 15 is 0 Å².